The van der Waals surface area contributed by atoms with Gasteiger partial charge in [0.1, 0.15) is 5.88 Å². The van der Waals surface area contributed by atoms with Crippen molar-refractivity contribution in [3.63, 3.8) is 0 Å². The molecule has 0 saturated carbocycles. The summed E-state index contributed by atoms with van der Waals surface area (Å²) in [5, 5.41) is 2.30. The number of thiol groups is 1. The predicted molar refractivity (Wildman–Crippen MR) is 44.8 cm³/mol. The first kappa shape index (κ1) is 9.31. The van der Waals surface area contributed by atoms with Gasteiger partial charge in [0.05, 0.1) is 6.04 Å². The molecule has 0 amide bonds. The van der Waals surface area contributed by atoms with Gasteiger partial charge >= 0.3 is 0 Å². The summed E-state index contributed by atoms with van der Waals surface area (Å²) in [4.78, 5) is 0. The first-order valence-corrected chi connectivity index (χ1v) is 4.42. The number of nitrogens with two attached hydrogens (primary N) is 1. The van der Waals surface area contributed by atoms with Crippen LogP contribution >= 0.6 is 12.6 Å². The highest BCUT2D eigenvalue weighted by Crippen LogP contribution is 1.94. The van der Waals surface area contributed by atoms with Crippen LogP contribution in [0.15, 0.2) is 0 Å². The highest BCUT2D eigenvalue weighted by molar-refractivity contribution is 7.79. The van der Waals surface area contributed by atoms with Crippen LogP contribution in [-0.2, 0) is 0 Å². The molecule has 0 radical (unpaired) electrons. The fourth-order valence-electron chi connectivity index (χ4n) is 1.01. The second kappa shape index (κ2) is 6.43. The van der Waals surface area contributed by atoms with Crippen molar-refractivity contribution in [2.75, 3.05) is 5.88 Å². The van der Waals surface area contributed by atoms with Crippen molar-refractivity contribution in [2.45, 2.75) is 39.2 Å². The molecule has 0 saturated heterocycles. The summed E-state index contributed by atoms with van der Waals surface area (Å²) in [5.41, 5.74) is 0. The topological polar surface area (TPSA) is 16.6 Å². The number of hydrogen-bond acceptors (Lipinski definition) is 1. The molecule has 0 aliphatic heterocycles. The van der Waals surface area contributed by atoms with Crippen LogP contribution in [0.2, 0.25) is 0 Å². The molecular formula is C7H18NS+. The third kappa shape index (κ3) is 4.79. The Morgan fingerprint density at radius 3 is 2.44 bits per heavy atom. The van der Waals surface area contributed by atoms with Gasteiger partial charge in [-0.25, -0.2) is 0 Å². The van der Waals surface area contributed by atoms with Gasteiger partial charge in [-0.1, -0.05) is 20.3 Å². The minimum absolute atomic E-state index is 0.812. The highest BCUT2D eigenvalue weighted by Gasteiger charge is 2.04. The van der Waals surface area contributed by atoms with Crippen molar-refractivity contribution in [1.82, 2.24) is 0 Å². The molecule has 0 aromatic heterocycles. The Hall–Kier alpha value is 0.310. The third-order valence-corrected chi connectivity index (χ3v) is 1.83. The molecule has 0 aliphatic rings. The van der Waals surface area contributed by atoms with Gasteiger partial charge < -0.3 is 5.32 Å². The van der Waals surface area contributed by atoms with E-state index in [0.717, 1.165) is 11.9 Å². The Morgan fingerprint density at radius 1 is 1.44 bits per heavy atom. The zero-order valence-electron chi connectivity index (χ0n) is 6.43. The molecule has 2 N–H and O–H groups in total. The maximum atomic E-state index is 4.15. The molecule has 0 spiro atoms. The molecular weight excluding hydrogens is 130 g/mol. The molecule has 1 atom stereocenters. The Morgan fingerprint density at radius 2 is 2.11 bits per heavy atom. The molecule has 1 unspecified atom stereocenters. The average molecular weight is 148 g/mol. The summed E-state index contributed by atoms with van der Waals surface area (Å²) in [7, 11) is 0. The summed E-state index contributed by atoms with van der Waals surface area (Å²) in [6.07, 6.45) is 3.90. The lowest BCUT2D eigenvalue weighted by molar-refractivity contribution is -0.672. The van der Waals surface area contributed by atoms with Gasteiger partial charge in [-0.2, -0.15) is 0 Å². The van der Waals surface area contributed by atoms with Crippen molar-refractivity contribution in [3.8, 4) is 0 Å². The Kier molecular flexibility index (Phi) is 6.65. The van der Waals surface area contributed by atoms with E-state index in [-0.39, 0.29) is 0 Å². The zero-order valence-corrected chi connectivity index (χ0v) is 7.32. The predicted octanol–water partition coefficient (Wildman–Crippen LogP) is 1.02. The second-order valence-corrected chi connectivity index (χ2v) is 2.74. The van der Waals surface area contributed by atoms with Crippen LogP contribution in [0.3, 0.4) is 0 Å². The minimum atomic E-state index is 0.812. The summed E-state index contributed by atoms with van der Waals surface area (Å²) in [6, 6.07) is 0.812. The van der Waals surface area contributed by atoms with Crippen molar-refractivity contribution >= 4 is 12.6 Å². The van der Waals surface area contributed by atoms with Crippen LogP contribution in [-0.4, -0.2) is 11.9 Å². The Balaban J connectivity index is 3.18. The van der Waals surface area contributed by atoms with E-state index in [2.05, 4.69) is 31.8 Å². The molecule has 0 rings (SSSR count). The highest BCUT2D eigenvalue weighted by atomic mass is 32.1. The van der Waals surface area contributed by atoms with Crippen LogP contribution in [0.1, 0.15) is 33.1 Å². The van der Waals surface area contributed by atoms with Gasteiger partial charge in [0.25, 0.3) is 0 Å². The molecule has 0 aliphatic carbocycles. The van der Waals surface area contributed by atoms with Gasteiger partial charge in [-0.15, -0.1) is 12.6 Å². The second-order valence-electron chi connectivity index (χ2n) is 2.38. The summed E-state index contributed by atoms with van der Waals surface area (Å²) < 4.78 is 0. The monoisotopic (exact) mass is 148 g/mol. The minimum Gasteiger partial charge on any atom is -0.336 e. The molecule has 0 aromatic rings. The maximum Gasteiger partial charge on any atom is 0.120 e. The normalized spacial score (nSPS) is 13.7. The fraction of sp³-hybridized carbons (Fsp3) is 1.00. The molecule has 0 aromatic carbocycles. The smallest absolute Gasteiger partial charge is 0.120 e. The molecule has 2 heteroatoms. The largest absolute Gasteiger partial charge is 0.336 e. The fourth-order valence-corrected chi connectivity index (χ4v) is 1.31. The molecule has 0 heterocycles. The van der Waals surface area contributed by atoms with Crippen LogP contribution in [0, 0.1) is 0 Å². The molecule has 0 fully saturated rings. The van der Waals surface area contributed by atoms with E-state index in [1.807, 2.05) is 0 Å². The first-order valence-electron chi connectivity index (χ1n) is 3.79. The standard InChI is InChI=1S/C7H17NS/c1-3-5-7(4-2)8-6-9/h7-9H,3-6H2,1-2H3/p+1. The van der Waals surface area contributed by atoms with E-state index in [4.69, 9.17) is 0 Å². The van der Waals surface area contributed by atoms with E-state index in [1.165, 1.54) is 19.3 Å². The SMILES string of the molecule is CCCC(CC)[NH2+]CS. The van der Waals surface area contributed by atoms with E-state index in [0.29, 0.717) is 0 Å². The molecule has 56 valence electrons. The third-order valence-electron chi connectivity index (χ3n) is 1.62. The van der Waals surface area contributed by atoms with Gasteiger partial charge in [0.15, 0.2) is 0 Å². The van der Waals surface area contributed by atoms with Gasteiger partial charge in [-0.05, 0) is 12.8 Å². The quantitative estimate of drug-likeness (QED) is 0.428. The summed E-state index contributed by atoms with van der Waals surface area (Å²) >= 11 is 4.15. The zero-order chi connectivity index (χ0) is 7.11. The van der Waals surface area contributed by atoms with Crippen molar-refractivity contribution in [1.29, 1.82) is 0 Å². The van der Waals surface area contributed by atoms with Crippen LogP contribution in [0.4, 0.5) is 0 Å². The Labute approximate surface area is 63.6 Å². The van der Waals surface area contributed by atoms with Crippen molar-refractivity contribution in [2.24, 2.45) is 0 Å². The lowest BCUT2D eigenvalue weighted by Crippen LogP contribution is -2.88. The van der Waals surface area contributed by atoms with Crippen LogP contribution in [0.25, 0.3) is 0 Å². The van der Waals surface area contributed by atoms with Gasteiger partial charge in [-0.3, -0.25) is 0 Å². The lowest BCUT2D eigenvalue weighted by Gasteiger charge is -2.09. The number of hydrogen-bond donors (Lipinski definition) is 2. The average Bonchev–Trinajstić information content (AvgIpc) is 1.88. The molecule has 9 heavy (non-hydrogen) atoms. The lowest BCUT2D eigenvalue weighted by atomic mass is 10.1. The number of quaternary nitrogens is 1. The molecule has 0 bridgehead atoms. The molecule has 1 nitrogen and oxygen atoms in total. The summed E-state index contributed by atoms with van der Waals surface area (Å²) in [5.74, 6) is 0.929. The van der Waals surface area contributed by atoms with E-state index in [9.17, 15) is 0 Å². The first-order chi connectivity index (χ1) is 4.35. The van der Waals surface area contributed by atoms with Crippen molar-refractivity contribution in [3.05, 3.63) is 0 Å². The Bertz CT molecular complexity index is 50.9. The van der Waals surface area contributed by atoms with Crippen LogP contribution in [0.5, 0.6) is 0 Å². The number of rotatable bonds is 5. The van der Waals surface area contributed by atoms with E-state index >= 15 is 0 Å². The van der Waals surface area contributed by atoms with Gasteiger partial charge in [0.2, 0.25) is 0 Å². The van der Waals surface area contributed by atoms with Crippen molar-refractivity contribution < 1.29 is 5.32 Å². The maximum absolute atomic E-state index is 4.15. The summed E-state index contributed by atoms with van der Waals surface area (Å²) in [6.45, 7) is 4.47. The van der Waals surface area contributed by atoms with E-state index in [1.54, 1.807) is 0 Å². The van der Waals surface area contributed by atoms with Crippen LogP contribution < -0.4 is 5.32 Å². The van der Waals surface area contributed by atoms with Gasteiger partial charge in [0, 0.05) is 0 Å². The van der Waals surface area contributed by atoms with E-state index < -0.39 is 0 Å².